The van der Waals surface area contributed by atoms with Crippen molar-refractivity contribution in [3.8, 4) is 11.4 Å². The average molecular weight is 450 g/mol. The van der Waals surface area contributed by atoms with Gasteiger partial charge < -0.3 is 4.57 Å². The Labute approximate surface area is 174 Å². The zero-order valence-electron chi connectivity index (χ0n) is 16.5. The second-order valence-electron chi connectivity index (χ2n) is 7.54. The van der Waals surface area contributed by atoms with E-state index in [1.807, 2.05) is 0 Å². The van der Waals surface area contributed by atoms with Gasteiger partial charge in [-0.3, -0.25) is 0 Å². The summed E-state index contributed by atoms with van der Waals surface area (Å²) in [5.41, 5.74) is 0.556. The molecule has 8 nitrogen and oxygen atoms in total. The number of imidazole rings is 1. The van der Waals surface area contributed by atoms with Crippen molar-refractivity contribution < 1.29 is 21.6 Å². The summed E-state index contributed by atoms with van der Waals surface area (Å²) in [6, 6.07) is 2.70. The van der Waals surface area contributed by atoms with Crippen LogP contribution in [0.25, 0.3) is 28.2 Å². The summed E-state index contributed by atoms with van der Waals surface area (Å²) < 4.78 is 67.8. The molecule has 0 spiro atoms. The SMILES string of the molecule is CCS(=O)(=O)c1nn2ccc(C3CC3)nc2c1-c1nc2cc(C(F)(F)F)cnc2n1C. The third kappa shape index (κ3) is 3.16. The largest absolute Gasteiger partial charge is 0.417 e. The Balaban J connectivity index is 1.82. The lowest BCUT2D eigenvalue weighted by molar-refractivity contribution is -0.137. The molecule has 0 aliphatic heterocycles. The van der Waals surface area contributed by atoms with Crippen molar-refractivity contribution in [3.63, 3.8) is 0 Å². The van der Waals surface area contributed by atoms with Gasteiger partial charge >= 0.3 is 6.18 Å². The number of pyridine rings is 1. The molecule has 4 heterocycles. The van der Waals surface area contributed by atoms with Crippen LogP contribution in [0.3, 0.4) is 0 Å². The van der Waals surface area contributed by atoms with Gasteiger partial charge in [0.25, 0.3) is 0 Å². The number of aryl methyl sites for hydroxylation is 1. The molecule has 4 aromatic rings. The summed E-state index contributed by atoms with van der Waals surface area (Å²) in [6.07, 6.45) is -0.180. The highest BCUT2D eigenvalue weighted by atomic mass is 32.2. The monoisotopic (exact) mass is 450 g/mol. The van der Waals surface area contributed by atoms with Gasteiger partial charge in [-0.2, -0.15) is 18.3 Å². The van der Waals surface area contributed by atoms with E-state index in [-0.39, 0.29) is 33.3 Å². The number of fused-ring (bicyclic) bond motifs is 2. The maximum absolute atomic E-state index is 13.1. The van der Waals surface area contributed by atoms with Gasteiger partial charge in [-0.1, -0.05) is 6.92 Å². The number of halogens is 3. The minimum absolute atomic E-state index is 0.00451. The summed E-state index contributed by atoms with van der Waals surface area (Å²) in [5.74, 6) is 0.263. The van der Waals surface area contributed by atoms with E-state index in [2.05, 4.69) is 20.1 Å². The third-order valence-corrected chi connectivity index (χ3v) is 7.04. The van der Waals surface area contributed by atoms with Crippen molar-refractivity contribution in [2.45, 2.75) is 36.9 Å². The van der Waals surface area contributed by atoms with E-state index >= 15 is 0 Å². The van der Waals surface area contributed by atoms with Crippen molar-refractivity contribution in [3.05, 3.63) is 35.8 Å². The molecule has 0 radical (unpaired) electrons. The van der Waals surface area contributed by atoms with Crippen LogP contribution in [0.15, 0.2) is 29.6 Å². The van der Waals surface area contributed by atoms with Gasteiger partial charge in [0, 0.05) is 31.1 Å². The normalized spacial score (nSPS) is 15.3. The van der Waals surface area contributed by atoms with Crippen LogP contribution in [0.5, 0.6) is 0 Å². The zero-order valence-corrected chi connectivity index (χ0v) is 17.4. The molecule has 4 aromatic heterocycles. The van der Waals surface area contributed by atoms with E-state index in [0.717, 1.165) is 30.8 Å². The van der Waals surface area contributed by atoms with E-state index in [4.69, 9.17) is 0 Å². The highest BCUT2D eigenvalue weighted by molar-refractivity contribution is 7.91. The van der Waals surface area contributed by atoms with Gasteiger partial charge in [0.15, 0.2) is 26.2 Å². The Morgan fingerprint density at radius 3 is 2.58 bits per heavy atom. The fourth-order valence-electron chi connectivity index (χ4n) is 3.53. The molecule has 0 atom stereocenters. The van der Waals surface area contributed by atoms with E-state index < -0.39 is 21.6 Å². The molecule has 162 valence electrons. The Hall–Kier alpha value is -3.02. The van der Waals surface area contributed by atoms with Crippen LogP contribution < -0.4 is 0 Å². The van der Waals surface area contributed by atoms with Crippen LogP contribution in [0.1, 0.15) is 36.9 Å². The number of sulfone groups is 1. The third-order valence-electron chi connectivity index (χ3n) is 5.40. The molecule has 1 aliphatic rings. The van der Waals surface area contributed by atoms with Crippen molar-refractivity contribution in [1.82, 2.24) is 29.1 Å². The first-order valence-corrected chi connectivity index (χ1v) is 11.3. The highest BCUT2D eigenvalue weighted by Gasteiger charge is 2.34. The smallest absolute Gasteiger partial charge is 0.312 e. The van der Waals surface area contributed by atoms with Gasteiger partial charge in [0.1, 0.15) is 16.9 Å². The molecule has 0 N–H and O–H groups in total. The molecule has 0 aromatic carbocycles. The van der Waals surface area contributed by atoms with Gasteiger partial charge in [-0.25, -0.2) is 27.9 Å². The fraction of sp³-hybridized carbons (Fsp3) is 0.368. The number of hydrogen-bond donors (Lipinski definition) is 0. The van der Waals surface area contributed by atoms with Crippen molar-refractivity contribution in [2.24, 2.45) is 7.05 Å². The van der Waals surface area contributed by atoms with Crippen LogP contribution in [-0.4, -0.2) is 43.3 Å². The van der Waals surface area contributed by atoms with E-state index in [1.54, 1.807) is 19.3 Å². The summed E-state index contributed by atoms with van der Waals surface area (Å²) in [6.45, 7) is 1.50. The molecular formula is C19H17F3N6O2S. The molecule has 5 rings (SSSR count). The van der Waals surface area contributed by atoms with Crippen LogP contribution in [-0.2, 0) is 23.1 Å². The maximum atomic E-state index is 13.1. The average Bonchev–Trinajstić information content (AvgIpc) is 3.43. The summed E-state index contributed by atoms with van der Waals surface area (Å²) in [5, 5.41) is 4.03. The predicted molar refractivity (Wildman–Crippen MR) is 105 cm³/mol. The lowest BCUT2D eigenvalue weighted by atomic mass is 10.2. The lowest BCUT2D eigenvalue weighted by Crippen LogP contribution is -2.07. The van der Waals surface area contributed by atoms with Crippen LogP contribution >= 0.6 is 0 Å². The lowest BCUT2D eigenvalue weighted by Gasteiger charge is -2.05. The van der Waals surface area contributed by atoms with Gasteiger partial charge in [-0.05, 0) is 25.0 Å². The van der Waals surface area contributed by atoms with Crippen LogP contribution in [0.2, 0.25) is 0 Å². The Morgan fingerprint density at radius 2 is 1.94 bits per heavy atom. The van der Waals surface area contributed by atoms with E-state index in [9.17, 15) is 21.6 Å². The minimum atomic E-state index is -4.57. The Morgan fingerprint density at radius 1 is 1.19 bits per heavy atom. The number of hydrogen-bond acceptors (Lipinski definition) is 6. The molecule has 31 heavy (non-hydrogen) atoms. The minimum Gasteiger partial charge on any atom is -0.312 e. The first-order valence-electron chi connectivity index (χ1n) is 9.62. The quantitative estimate of drug-likeness (QED) is 0.473. The Kier molecular flexibility index (Phi) is 4.17. The van der Waals surface area contributed by atoms with Crippen LogP contribution in [0, 0.1) is 0 Å². The number of nitrogens with zero attached hydrogens (tertiary/aromatic N) is 6. The molecule has 1 aliphatic carbocycles. The maximum Gasteiger partial charge on any atom is 0.417 e. The summed E-state index contributed by atoms with van der Waals surface area (Å²) >= 11 is 0. The molecule has 0 amide bonds. The topological polar surface area (TPSA) is 95.0 Å². The van der Waals surface area contributed by atoms with Crippen molar-refractivity contribution in [1.29, 1.82) is 0 Å². The van der Waals surface area contributed by atoms with Gasteiger partial charge in [0.05, 0.1) is 11.3 Å². The first-order chi connectivity index (χ1) is 14.6. The van der Waals surface area contributed by atoms with Crippen molar-refractivity contribution >= 4 is 26.6 Å². The number of aromatic nitrogens is 6. The summed E-state index contributed by atoms with van der Waals surface area (Å²) in [7, 11) is -2.20. The molecule has 1 fully saturated rings. The molecular weight excluding hydrogens is 433 g/mol. The molecule has 12 heteroatoms. The fourth-order valence-corrected chi connectivity index (χ4v) is 4.51. The summed E-state index contributed by atoms with van der Waals surface area (Å²) in [4.78, 5) is 12.9. The van der Waals surface area contributed by atoms with Gasteiger partial charge in [0.2, 0.25) is 0 Å². The zero-order chi connectivity index (χ0) is 22.1. The first kappa shape index (κ1) is 19.9. The molecule has 0 saturated heterocycles. The Bertz CT molecular complexity index is 1450. The van der Waals surface area contributed by atoms with Gasteiger partial charge in [-0.15, -0.1) is 0 Å². The second kappa shape index (κ2) is 6.49. The molecule has 0 bridgehead atoms. The number of rotatable bonds is 4. The molecule has 0 unspecified atom stereocenters. The predicted octanol–water partition coefficient (Wildman–Crippen LogP) is 3.37. The standard InChI is InChI=1S/C19H17F3N6O2S/c1-3-31(29,30)18-14(17-24-12(10-4-5-10)6-7-28(17)26-18)16-25-13-8-11(19(20,21)22)9-23-15(13)27(16)2/h6-10H,3-5H2,1-2H3. The number of alkyl halides is 3. The highest BCUT2D eigenvalue weighted by Crippen LogP contribution is 2.40. The molecule has 1 saturated carbocycles. The van der Waals surface area contributed by atoms with Crippen molar-refractivity contribution in [2.75, 3.05) is 5.75 Å². The van der Waals surface area contributed by atoms with E-state index in [1.165, 1.54) is 16.0 Å². The second-order valence-corrected chi connectivity index (χ2v) is 9.73. The van der Waals surface area contributed by atoms with E-state index in [0.29, 0.717) is 11.6 Å². The van der Waals surface area contributed by atoms with Crippen LogP contribution in [0.4, 0.5) is 13.2 Å².